The summed E-state index contributed by atoms with van der Waals surface area (Å²) in [7, 11) is -1.16. The quantitative estimate of drug-likeness (QED) is 0.0553. The number of rotatable bonds is 29. The van der Waals surface area contributed by atoms with Gasteiger partial charge in [-0.15, -0.1) is 6.58 Å². The summed E-state index contributed by atoms with van der Waals surface area (Å²) in [5.74, 6) is 0. The van der Waals surface area contributed by atoms with Crippen molar-refractivity contribution in [1.29, 1.82) is 0 Å². The highest BCUT2D eigenvalue weighted by molar-refractivity contribution is 6.80. The van der Waals surface area contributed by atoms with Gasteiger partial charge in [0.2, 0.25) is 0 Å². The summed E-state index contributed by atoms with van der Waals surface area (Å²) in [6.45, 7) is 11.2. The third-order valence-corrected chi connectivity index (χ3v) is 13.7. The normalized spacial score (nSPS) is 11.9. The van der Waals surface area contributed by atoms with Gasteiger partial charge in [0.25, 0.3) is 0 Å². The highest BCUT2D eigenvalue weighted by Gasteiger charge is 2.29. The number of hydrogen-bond acceptors (Lipinski definition) is 0. The maximum atomic E-state index is 4.24. The number of hydrogen-bond donors (Lipinski definition) is 0. The standard InChI is InChI=1S/C33H68Si/c1-5-9-12-15-18-21-24-27-31-34(30-8-4,32-28-25-22-19-16-13-10-6-2)33-29-26-23-20-17-14-11-7-3/h8H,4-7,9-33H2,1-3H3. The lowest BCUT2D eigenvalue weighted by Crippen LogP contribution is -2.33. The molecule has 0 aromatic rings. The predicted molar refractivity (Wildman–Crippen MR) is 163 cm³/mol. The topological polar surface area (TPSA) is 0 Å². The van der Waals surface area contributed by atoms with Gasteiger partial charge in [0.05, 0.1) is 8.07 Å². The van der Waals surface area contributed by atoms with Crippen molar-refractivity contribution >= 4 is 8.07 Å². The molecule has 0 rings (SSSR count). The minimum atomic E-state index is -1.16. The van der Waals surface area contributed by atoms with Crippen molar-refractivity contribution in [1.82, 2.24) is 0 Å². The van der Waals surface area contributed by atoms with Crippen molar-refractivity contribution in [3.63, 3.8) is 0 Å². The first kappa shape index (κ1) is 34.0. The molecule has 0 atom stereocenters. The maximum absolute atomic E-state index is 4.24. The van der Waals surface area contributed by atoms with Crippen molar-refractivity contribution in [2.75, 3.05) is 0 Å². The van der Waals surface area contributed by atoms with Crippen LogP contribution in [0.25, 0.3) is 0 Å². The summed E-state index contributed by atoms with van der Waals surface area (Å²) in [4.78, 5) is 0. The summed E-state index contributed by atoms with van der Waals surface area (Å²) >= 11 is 0. The Morgan fingerprint density at radius 3 is 0.853 bits per heavy atom. The van der Waals surface area contributed by atoms with Gasteiger partial charge in [-0.05, 0) is 6.04 Å². The first-order chi connectivity index (χ1) is 16.7. The van der Waals surface area contributed by atoms with Gasteiger partial charge in [-0.3, -0.25) is 0 Å². The molecule has 0 spiro atoms. The Labute approximate surface area is 219 Å². The van der Waals surface area contributed by atoms with E-state index in [0.717, 1.165) is 0 Å². The van der Waals surface area contributed by atoms with E-state index in [-0.39, 0.29) is 0 Å². The van der Waals surface area contributed by atoms with Crippen LogP contribution in [0.3, 0.4) is 0 Å². The summed E-state index contributed by atoms with van der Waals surface area (Å²) < 4.78 is 0. The van der Waals surface area contributed by atoms with E-state index in [4.69, 9.17) is 0 Å². The molecule has 34 heavy (non-hydrogen) atoms. The molecule has 0 heterocycles. The minimum Gasteiger partial charge on any atom is -0.103 e. The molecule has 0 aliphatic rings. The molecule has 0 unspecified atom stereocenters. The van der Waals surface area contributed by atoms with Gasteiger partial charge < -0.3 is 0 Å². The molecule has 0 amide bonds. The second-order valence-corrected chi connectivity index (χ2v) is 16.6. The molecular formula is C33H68Si. The van der Waals surface area contributed by atoms with Crippen LogP contribution in [0.1, 0.15) is 175 Å². The van der Waals surface area contributed by atoms with E-state index in [1.54, 1.807) is 18.1 Å². The van der Waals surface area contributed by atoms with Crippen LogP contribution >= 0.6 is 0 Å². The third kappa shape index (κ3) is 22.4. The van der Waals surface area contributed by atoms with Crippen molar-refractivity contribution in [3.8, 4) is 0 Å². The Hall–Kier alpha value is -0.0431. The van der Waals surface area contributed by atoms with Crippen molar-refractivity contribution in [2.45, 2.75) is 199 Å². The maximum Gasteiger partial charge on any atom is 0.0573 e. The Morgan fingerprint density at radius 1 is 0.382 bits per heavy atom. The third-order valence-electron chi connectivity index (χ3n) is 8.26. The Morgan fingerprint density at radius 2 is 0.618 bits per heavy atom. The first-order valence-corrected chi connectivity index (χ1v) is 19.2. The van der Waals surface area contributed by atoms with E-state index in [2.05, 4.69) is 33.4 Å². The van der Waals surface area contributed by atoms with Crippen LogP contribution in [0.2, 0.25) is 24.2 Å². The average molecular weight is 493 g/mol. The molecule has 0 aliphatic heterocycles. The summed E-state index contributed by atoms with van der Waals surface area (Å²) in [5, 5.41) is 0. The van der Waals surface area contributed by atoms with Crippen molar-refractivity contribution in [2.24, 2.45) is 0 Å². The fourth-order valence-electron chi connectivity index (χ4n) is 5.89. The lowest BCUT2D eigenvalue weighted by molar-refractivity contribution is 0.574. The summed E-state index contributed by atoms with van der Waals surface area (Å²) in [6, 6.07) is 6.19. The van der Waals surface area contributed by atoms with E-state index >= 15 is 0 Å². The van der Waals surface area contributed by atoms with Gasteiger partial charge >= 0.3 is 0 Å². The number of unbranched alkanes of at least 4 members (excludes halogenated alkanes) is 21. The fourth-order valence-corrected chi connectivity index (χ4v) is 10.9. The van der Waals surface area contributed by atoms with Crippen molar-refractivity contribution < 1.29 is 0 Å². The Kier molecular flexibility index (Phi) is 27.5. The first-order valence-electron chi connectivity index (χ1n) is 16.4. The highest BCUT2D eigenvalue weighted by Crippen LogP contribution is 2.33. The van der Waals surface area contributed by atoms with Crippen LogP contribution in [-0.4, -0.2) is 8.07 Å². The zero-order chi connectivity index (χ0) is 25.0. The molecule has 0 fully saturated rings. The number of allylic oxidation sites excluding steroid dienone is 1. The second kappa shape index (κ2) is 27.5. The van der Waals surface area contributed by atoms with Gasteiger partial charge in [-0.2, -0.15) is 0 Å². The van der Waals surface area contributed by atoms with Gasteiger partial charge in [-0.25, -0.2) is 0 Å². The van der Waals surface area contributed by atoms with Crippen LogP contribution in [0.15, 0.2) is 12.7 Å². The molecule has 204 valence electrons. The van der Waals surface area contributed by atoms with Gasteiger partial charge in [0.1, 0.15) is 0 Å². The monoisotopic (exact) mass is 493 g/mol. The van der Waals surface area contributed by atoms with Gasteiger partial charge in [-0.1, -0.05) is 199 Å². The largest absolute Gasteiger partial charge is 0.103 e. The van der Waals surface area contributed by atoms with Crippen LogP contribution in [-0.2, 0) is 0 Å². The zero-order valence-corrected chi connectivity index (χ0v) is 25.6. The van der Waals surface area contributed by atoms with Crippen LogP contribution < -0.4 is 0 Å². The molecule has 1 heteroatoms. The molecular weight excluding hydrogens is 424 g/mol. The lowest BCUT2D eigenvalue weighted by atomic mass is 10.1. The van der Waals surface area contributed by atoms with Gasteiger partial charge in [0, 0.05) is 0 Å². The van der Waals surface area contributed by atoms with Crippen LogP contribution in [0.4, 0.5) is 0 Å². The van der Waals surface area contributed by atoms with E-state index in [1.165, 1.54) is 160 Å². The van der Waals surface area contributed by atoms with E-state index in [0.29, 0.717) is 0 Å². The van der Waals surface area contributed by atoms with Gasteiger partial charge in [0.15, 0.2) is 0 Å². The summed E-state index contributed by atoms with van der Waals surface area (Å²) in [6.07, 6.45) is 37.5. The SMILES string of the molecule is C=CC[Si](CCCCCCCCCC)(CCCCCCCCCC)CCCCCCCCCC. The van der Waals surface area contributed by atoms with Crippen LogP contribution in [0, 0.1) is 0 Å². The molecule has 0 aromatic carbocycles. The summed E-state index contributed by atoms with van der Waals surface area (Å²) in [5.41, 5.74) is 0. The minimum absolute atomic E-state index is 1.16. The molecule has 0 bridgehead atoms. The smallest absolute Gasteiger partial charge is 0.0573 e. The second-order valence-electron chi connectivity index (χ2n) is 11.7. The highest BCUT2D eigenvalue weighted by atomic mass is 28.3. The molecule has 0 radical (unpaired) electrons. The molecule has 0 nitrogen and oxygen atoms in total. The average Bonchev–Trinajstić information content (AvgIpc) is 2.84. The fraction of sp³-hybridized carbons (Fsp3) is 0.939. The Bertz CT molecular complexity index is 338. The molecule has 0 aromatic heterocycles. The van der Waals surface area contributed by atoms with E-state index in [9.17, 15) is 0 Å². The Balaban J connectivity index is 4.39. The van der Waals surface area contributed by atoms with Crippen molar-refractivity contribution in [3.05, 3.63) is 12.7 Å². The van der Waals surface area contributed by atoms with Crippen LogP contribution in [0.5, 0.6) is 0 Å². The van der Waals surface area contributed by atoms with E-state index < -0.39 is 8.07 Å². The molecule has 0 N–H and O–H groups in total. The lowest BCUT2D eigenvalue weighted by Gasteiger charge is -2.32. The molecule has 0 saturated carbocycles. The zero-order valence-electron chi connectivity index (χ0n) is 24.6. The predicted octanol–water partition coefficient (Wildman–Crippen LogP) is 13.0. The molecule has 0 saturated heterocycles. The molecule has 0 aliphatic carbocycles. The van der Waals surface area contributed by atoms with E-state index in [1.807, 2.05) is 0 Å².